The molecule has 0 aromatic carbocycles. The number of ether oxygens (including phenoxy) is 2. The third-order valence-electron chi connectivity index (χ3n) is 2.42. The van der Waals surface area contributed by atoms with E-state index in [0.29, 0.717) is 19.1 Å². The minimum absolute atomic E-state index is 0.601. The van der Waals surface area contributed by atoms with Crippen molar-refractivity contribution in [3.63, 3.8) is 0 Å². The Hall–Kier alpha value is -0.420. The standard InChI is InChI=1S/C14H25NO2S/c1-13(2)11-17-9-8-16-7-6-15-5-3-14-4-10-18-12-14/h4,10,12-13,15H,3,5-9,11H2,1-2H3. The fraction of sp³-hybridized carbons (Fsp3) is 0.714. The maximum Gasteiger partial charge on any atom is 0.0701 e. The van der Waals surface area contributed by atoms with Gasteiger partial charge >= 0.3 is 0 Å². The molecule has 1 N–H and O–H groups in total. The minimum atomic E-state index is 0.601. The minimum Gasteiger partial charge on any atom is -0.379 e. The van der Waals surface area contributed by atoms with E-state index in [1.165, 1.54) is 5.56 Å². The largest absolute Gasteiger partial charge is 0.379 e. The molecule has 0 saturated carbocycles. The monoisotopic (exact) mass is 271 g/mol. The van der Waals surface area contributed by atoms with Gasteiger partial charge in [0, 0.05) is 13.2 Å². The van der Waals surface area contributed by atoms with Crippen molar-refractivity contribution >= 4 is 11.3 Å². The van der Waals surface area contributed by atoms with Crippen LogP contribution in [-0.4, -0.2) is 39.5 Å². The Bertz CT molecular complexity index is 275. The summed E-state index contributed by atoms with van der Waals surface area (Å²) in [5, 5.41) is 7.69. The third-order valence-corrected chi connectivity index (χ3v) is 3.15. The molecule has 0 aliphatic rings. The van der Waals surface area contributed by atoms with E-state index in [4.69, 9.17) is 9.47 Å². The van der Waals surface area contributed by atoms with E-state index < -0.39 is 0 Å². The van der Waals surface area contributed by atoms with Crippen molar-refractivity contribution in [2.75, 3.05) is 39.5 Å². The second-order valence-corrected chi connectivity index (χ2v) is 5.49. The molecule has 18 heavy (non-hydrogen) atoms. The Balaban J connectivity index is 1.76. The molecule has 0 amide bonds. The normalized spacial score (nSPS) is 11.3. The molecule has 1 aromatic rings. The van der Waals surface area contributed by atoms with Crippen molar-refractivity contribution in [2.45, 2.75) is 20.3 Å². The van der Waals surface area contributed by atoms with E-state index in [2.05, 4.69) is 36.0 Å². The van der Waals surface area contributed by atoms with Crippen molar-refractivity contribution in [3.8, 4) is 0 Å². The van der Waals surface area contributed by atoms with Gasteiger partial charge in [-0.25, -0.2) is 0 Å². The lowest BCUT2D eigenvalue weighted by atomic mass is 10.2. The highest BCUT2D eigenvalue weighted by Gasteiger charge is 1.95. The van der Waals surface area contributed by atoms with E-state index in [1.54, 1.807) is 11.3 Å². The average molecular weight is 271 g/mol. The van der Waals surface area contributed by atoms with Crippen LogP contribution in [0.25, 0.3) is 0 Å². The molecule has 0 saturated heterocycles. The van der Waals surface area contributed by atoms with Gasteiger partial charge in [-0.1, -0.05) is 13.8 Å². The first-order valence-electron chi connectivity index (χ1n) is 6.66. The quantitative estimate of drug-likeness (QED) is 0.628. The number of hydrogen-bond donors (Lipinski definition) is 1. The number of hydrogen-bond acceptors (Lipinski definition) is 4. The van der Waals surface area contributed by atoms with Gasteiger partial charge in [0.05, 0.1) is 19.8 Å². The Morgan fingerprint density at radius 2 is 2.00 bits per heavy atom. The van der Waals surface area contributed by atoms with Crippen LogP contribution in [0.4, 0.5) is 0 Å². The Morgan fingerprint density at radius 1 is 1.17 bits per heavy atom. The van der Waals surface area contributed by atoms with Crippen molar-refractivity contribution < 1.29 is 9.47 Å². The van der Waals surface area contributed by atoms with E-state index in [-0.39, 0.29) is 0 Å². The van der Waals surface area contributed by atoms with Crippen LogP contribution < -0.4 is 5.32 Å². The van der Waals surface area contributed by atoms with Gasteiger partial charge in [-0.2, -0.15) is 11.3 Å². The molecule has 4 heteroatoms. The van der Waals surface area contributed by atoms with E-state index in [9.17, 15) is 0 Å². The number of rotatable bonds is 11. The molecule has 0 radical (unpaired) electrons. The Kier molecular flexibility index (Phi) is 9.12. The molecule has 1 heterocycles. The van der Waals surface area contributed by atoms with Gasteiger partial charge in [0.2, 0.25) is 0 Å². The molecule has 1 aromatic heterocycles. The summed E-state index contributed by atoms with van der Waals surface area (Å²) in [7, 11) is 0. The molecule has 0 spiro atoms. The highest BCUT2D eigenvalue weighted by atomic mass is 32.1. The molecule has 0 bridgehead atoms. The van der Waals surface area contributed by atoms with Crippen molar-refractivity contribution in [3.05, 3.63) is 22.4 Å². The summed E-state index contributed by atoms with van der Waals surface area (Å²) in [6.07, 6.45) is 1.10. The molecule has 0 fully saturated rings. The summed E-state index contributed by atoms with van der Waals surface area (Å²) in [5.74, 6) is 0.601. The van der Waals surface area contributed by atoms with Crippen molar-refractivity contribution in [1.82, 2.24) is 5.32 Å². The SMILES string of the molecule is CC(C)COCCOCCNCCc1ccsc1. The summed E-state index contributed by atoms with van der Waals surface area (Å²) in [6, 6.07) is 2.18. The first-order chi connectivity index (χ1) is 8.79. The summed E-state index contributed by atoms with van der Waals surface area (Å²) < 4.78 is 10.9. The van der Waals surface area contributed by atoms with Crippen LogP contribution in [0, 0.1) is 5.92 Å². The second-order valence-electron chi connectivity index (χ2n) is 4.71. The van der Waals surface area contributed by atoms with Crippen LogP contribution in [0.2, 0.25) is 0 Å². The maximum absolute atomic E-state index is 5.47. The van der Waals surface area contributed by atoms with Gasteiger partial charge in [-0.15, -0.1) is 0 Å². The summed E-state index contributed by atoms with van der Waals surface area (Å²) >= 11 is 1.75. The third kappa shape index (κ3) is 8.64. The van der Waals surface area contributed by atoms with E-state index in [0.717, 1.165) is 32.7 Å². The van der Waals surface area contributed by atoms with Crippen LogP contribution in [0.5, 0.6) is 0 Å². The predicted octanol–water partition coefficient (Wildman–Crippen LogP) is 2.57. The lowest BCUT2D eigenvalue weighted by Crippen LogP contribution is -2.23. The first-order valence-corrected chi connectivity index (χ1v) is 7.60. The Labute approximate surface area is 114 Å². The zero-order valence-electron chi connectivity index (χ0n) is 11.5. The topological polar surface area (TPSA) is 30.5 Å². The molecular formula is C14H25NO2S. The summed E-state index contributed by atoms with van der Waals surface area (Å²) in [6.45, 7) is 9.21. The smallest absolute Gasteiger partial charge is 0.0701 e. The molecule has 0 aliphatic heterocycles. The predicted molar refractivity (Wildman–Crippen MR) is 77.4 cm³/mol. The highest BCUT2D eigenvalue weighted by molar-refractivity contribution is 7.07. The fourth-order valence-corrected chi connectivity index (χ4v) is 2.18. The molecule has 104 valence electrons. The van der Waals surface area contributed by atoms with Crippen LogP contribution in [0.15, 0.2) is 16.8 Å². The highest BCUT2D eigenvalue weighted by Crippen LogP contribution is 2.05. The molecule has 0 atom stereocenters. The number of thiophene rings is 1. The molecular weight excluding hydrogens is 246 g/mol. The van der Waals surface area contributed by atoms with Crippen LogP contribution in [-0.2, 0) is 15.9 Å². The zero-order chi connectivity index (χ0) is 13.1. The summed E-state index contributed by atoms with van der Waals surface area (Å²) in [5.41, 5.74) is 1.41. The zero-order valence-corrected chi connectivity index (χ0v) is 12.3. The van der Waals surface area contributed by atoms with Gasteiger partial charge in [-0.3, -0.25) is 0 Å². The lowest BCUT2D eigenvalue weighted by molar-refractivity contribution is 0.0388. The summed E-state index contributed by atoms with van der Waals surface area (Å²) in [4.78, 5) is 0. The van der Waals surface area contributed by atoms with Crippen molar-refractivity contribution in [1.29, 1.82) is 0 Å². The van der Waals surface area contributed by atoms with Gasteiger partial charge in [0.15, 0.2) is 0 Å². The van der Waals surface area contributed by atoms with Crippen molar-refractivity contribution in [2.24, 2.45) is 5.92 Å². The second kappa shape index (κ2) is 10.5. The molecule has 0 aliphatic carbocycles. The van der Waals surface area contributed by atoms with Gasteiger partial charge in [0.1, 0.15) is 0 Å². The maximum atomic E-state index is 5.47. The van der Waals surface area contributed by atoms with E-state index >= 15 is 0 Å². The van der Waals surface area contributed by atoms with Gasteiger partial charge < -0.3 is 14.8 Å². The first kappa shape index (κ1) is 15.6. The molecule has 3 nitrogen and oxygen atoms in total. The fourth-order valence-electron chi connectivity index (χ4n) is 1.48. The average Bonchev–Trinajstić information content (AvgIpc) is 2.84. The lowest BCUT2D eigenvalue weighted by Gasteiger charge is -2.08. The van der Waals surface area contributed by atoms with E-state index in [1.807, 2.05) is 0 Å². The molecule has 1 rings (SSSR count). The van der Waals surface area contributed by atoms with Crippen LogP contribution in [0.1, 0.15) is 19.4 Å². The van der Waals surface area contributed by atoms with Crippen LogP contribution >= 0.6 is 11.3 Å². The van der Waals surface area contributed by atoms with Gasteiger partial charge in [-0.05, 0) is 41.3 Å². The molecule has 0 unspecified atom stereocenters. The van der Waals surface area contributed by atoms with Crippen LogP contribution in [0.3, 0.4) is 0 Å². The van der Waals surface area contributed by atoms with Gasteiger partial charge in [0.25, 0.3) is 0 Å². The number of nitrogens with one attached hydrogen (secondary N) is 1. The Morgan fingerprint density at radius 3 is 2.72 bits per heavy atom.